The van der Waals surface area contributed by atoms with Crippen LogP contribution in [0.3, 0.4) is 0 Å². The lowest BCUT2D eigenvalue weighted by atomic mass is 10.00. The lowest BCUT2D eigenvalue weighted by Gasteiger charge is -2.31. The number of benzene rings is 2. The van der Waals surface area contributed by atoms with Gasteiger partial charge in [-0.15, -0.1) is 0 Å². The number of hydrogen-bond acceptors (Lipinski definition) is 7. The first kappa shape index (κ1) is 27.6. The largest absolute Gasteiger partial charge is 0.395 e. The van der Waals surface area contributed by atoms with E-state index < -0.39 is 29.6 Å². The number of nitrogens with zero attached hydrogens (tertiary/aromatic N) is 3. The van der Waals surface area contributed by atoms with Gasteiger partial charge >= 0.3 is 0 Å². The third kappa shape index (κ3) is 6.37. The van der Waals surface area contributed by atoms with Gasteiger partial charge in [0.15, 0.2) is 5.69 Å². The van der Waals surface area contributed by atoms with Crippen molar-refractivity contribution in [1.82, 2.24) is 19.6 Å². The summed E-state index contributed by atoms with van der Waals surface area (Å²) in [6.45, 7) is 4.46. The summed E-state index contributed by atoms with van der Waals surface area (Å²) in [4.78, 5) is 45.3. The van der Waals surface area contributed by atoms with Crippen molar-refractivity contribution in [3.63, 3.8) is 0 Å². The van der Waals surface area contributed by atoms with Crippen LogP contribution in [0.2, 0.25) is 0 Å². The third-order valence-corrected chi connectivity index (χ3v) is 7.06. The number of hydrogen-bond donors (Lipinski definition) is 3. The van der Waals surface area contributed by atoms with E-state index in [1.807, 2.05) is 26.0 Å². The molecule has 5 N–H and O–H groups in total. The van der Waals surface area contributed by atoms with Crippen LogP contribution in [0.1, 0.15) is 57.6 Å². The first-order chi connectivity index (χ1) is 18.7. The number of carbonyl (C=O) groups excluding carboxylic acids is 3. The van der Waals surface area contributed by atoms with Crippen LogP contribution >= 0.6 is 11.5 Å². The summed E-state index contributed by atoms with van der Waals surface area (Å²) >= 11 is 0.734. The highest BCUT2D eigenvalue weighted by Gasteiger charge is 2.35. The van der Waals surface area contributed by atoms with E-state index >= 15 is 0 Å². The summed E-state index contributed by atoms with van der Waals surface area (Å²) in [5, 5.41) is 3.74. The van der Waals surface area contributed by atoms with Crippen LogP contribution < -0.4 is 16.8 Å². The van der Waals surface area contributed by atoms with Gasteiger partial charge in [-0.2, -0.15) is 4.37 Å². The Kier molecular flexibility index (Phi) is 8.50. The molecule has 4 rings (SSSR count). The number of fused-ring (bicyclic) bond motifs is 1. The number of primary amides is 1. The van der Waals surface area contributed by atoms with Crippen molar-refractivity contribution in [2.75, 3.05) is 12.3 Å². The monoisotopic (exact) mass is 548 g/mol. The number of carbonyl (C=O) groups is 3. The molecule has 3 amide bonds. The molecule has 0 unspecified atom stereocenters. The first-order valence-corrected chi connectivity index (χ1v) is 13.2. The predicted octanol–water partition coefficient (Wildman–Crippen LogP) is 4.06. The van der Waals surface area contributed by atoms with Gasteiger partial charge < -0.3 is 21.7 Å². The van der Waals surface area contributed by atoms with Crippen LogP contribution in [0.15, 0.2) is 60.8 Å². The van der Waals surface area contributed by atoms with Gasteiger partial charge in [0.2, 0.25) is 5.91 Å². The summed E-state index contributed by atoms with van der Waals surface area (Å²) in [6, 6.07) is 13.6. The molecule has 11 heteroatoms. The maximum Gasteiger partial charge on any atom is 0.270 e. The van der Waals surface area contributed by atoms with Crippen LogP contribution in [0.4, 0.5) is 10.1 Å². The van der Waals surface area contributed by atoms with Crippen LogP contribution in [0.5, 0.6) is 0 Å². The van der Waals surface area contributed by atoms with Crippen LogP contribution in [-0.4, -0.2) is 38.5 Å². The minimum atomic E-state index is -1.09. The Morgan fingerprint density at radius 1 is 1.10 bits per heavy atom. The molecule has 202 valence electrons. The van der Waals surface area contributed by atoms with Crippen molar-refractivity contribution in [2.24, 2.45) is 11.7 Å². The van der Waals surface area contributed by atoms with Crippen LogP contribution in [-0.2, 0) is 11.3 Å². The van der Waals surface area contributed by atoms with Crippen LogP contribution in [0.25, 0.3) is 10.9 Å². The van der Waals surface area contributed by atoms with Gasteiger partial charge in [0.1, 0.15) is 16.7 Å². The number of nitrogens with two attached hydrogens (primary N) is 2. The topological polar surface area (TPSA) is 144 Å². The van der Waals surface area contributed by atoms with E-state index in [4.69, 9.17) is 11.5 Å². The molecular weight excluding hydrogens is 519 g/mol. The number of nitrogens with one attached hydrogen (secondary N) is 1. The molecule has 0 saturated carbocycles. The fourth-order valence-electron chi connectivity index (χ4n) is 4.14. The average molecular weight is 549 g/mol. The summed E-state index contributed by atoms with van der Waals surface area (Å²) < 4.78 is 17.6. The minimum absolute atomic E-state index is 0.0200. The maximum atomic E-state index is 14.0. The summed E-state index contributed by atoms with van der Waals surface area (Å²) in [5.41, 5.74) is 13.0. The van der Waals surface area contributed by atoms with Crippen molar-refractivity contribution in [1.29, 1.82) is 0 Å². The fraction of sp³-hybridized carbons (Fsp3) is 0.250. The number of pyridine rings is 1. The Bertz CT molecular complexity index is 1500. The molecule has 9 nitrogen and oxygen atoms in total. The lowest BCUT2D eigenvalue weighted by molar-refractivity contribution is -0.126. The molecule has 0 aliphatic rings. The molecule has 0 spiro atoms. The van der Waals surface area contributed by atoms with Gasteiger partial charge in [-0.1, -0.05) is 38.1 Å². The van der Waals surface area contributed by atoms with E-state index in [1.54, 1.807) is 36.5 Å². The van der Waals surface area contributed by atoms with Gasteiger partial charge in [0, 0.05) is 24.7 Å². The SMILES string of the molecule is CC(C)CCNC(=O)[C@@H](c1ccc2ncccc2c1)N(Cc1ccc(F)cc1)C(=O)c1snc(C(N)=O)c1N. The number of amides is 3. The Labute approximate surface area is 229 Å². The standard InChI is InChI=1S/C28H29FN6O3S/c1-16(2)11-13-33-27(37)24(19-7-10-21-18(14-19)4-3-12-32-21)35(15-17-5-8-20(29)9-6-17)28(38)25-22(30)23(26(31)36)34-39-25/h3-10,12,14,16,24H,11,13,15,30H2,1-2H3,(H2,31,36)(H,33,37)/t24-/m1/s1. The molecule has 2 aromatic carbocycles. The highest BCUT2D eigenvalue weighted by atomic mass is 32.1. The third-order valence-electron chi connectivity index (χ3n) is 6.21. The van der Waals surface area contributed by atoms with Crippen LogP contribution in [0, 0.1) is 11.7 Å². The molecule has 0 radical (unpaired) electrons. The molecule has 2 aromatic heterocycles. The van der Waals surface area contributed by atoms with Crippen molar-refractivity contribution < 1.29 is 18.8 Å². The Morgan fingerprint density at radius 2 is 1.85 bits per heavy atom. The molecule has 0 bridgehead atoms. The molecule has 1 atom stereocenters. The average Bonchev–Trinajstić information content (AvgIpc) is 3.30. The molecule has 39 heavy (non-hydrogen) atoms. The quantitative estimate of drug-likeness (QED) is 0.273. The van der Waals surface area contributed by atoms with E-state index in [1.165, 1.54) is 17.0 Å². The molecule has 0 fully saturated rings. The maximum absolute atomic E-state index is 14.0. The zero-order chi connectivity index (χ0) is 28.1. The predicted molar refractivity (Wildman–Crippen MR) is 148 cm³/mol. The first-order valence-electron chi connectivity index (χ1n) is 12.4. The van der Waals surface area contributed by atoms with Crippen molar-refractivity contribution in [3.05, 3.63) is 88.3 Å². The number of rotatable bonds is 10. The number of anilines is 1. The van der Waals surface area contributed by atoms with Crippen molar-refractivity contribution in [3.8, 4) is 0 Å². The second-order valence-electron chi connectivity index (χ2n) is 9.53. The molecule has 0 aliphatic carbocycles. The van der Waals surface area contributed by atoms with Gasteiger partial charge in [0.05, 0.1) is 11.2 Å². The van der Waals surface area contributed by atoms with E-state index in [-0.39, 0.29) is 22.8 Å². The summed E-state index contributed by atoms with van der Waals surface area (Å²) in [7, 11) is 0. The number of aromatic nitrogens is 2. The zero-order valence-corrected chi connectivity index (χ0v) is 22.4. The van der Waals surface area contributed by atoms with Gasteiger partial charge in [-0.05, 0) is 65.3 Å². The second-order valence-corrected chi connectivity index (χ2v) is 10.3. The molecule has 0 saturated heterocycles. The Balaban J connectivity index is 1.83. The van der Waals surface area contributed by atoms with Crippen molar-refractivity contribution >= 4 is 45.8 Å². The van der Waals surface area contributed by atoms with E-state index in [0.29, 0.717) is 23.6 Å². The second kappa shape index (κ2) is 12.0. The fourth-order valence-corrected chi connectivity index (χ4v) is 4.91. The number of halogens is 1. The summed E-state index contributed by atoms with van der Waals surface area (Å²) in [6.07, 6.45) is 2.42. The van der Waals surface area contributed by atoms with Gasteiger partial charge in [-0.3, -0.25) is 19.4 Å². The smallest absolute Gasteiger partial charge is 0.270 e. The summed E-state index contributed by atoms with van der Waals surface area (Å²) in [5.74, 6) is -1.95. The van der Waals surface area contributed by atoms with Crippen molar-refractivity contribution in [2.45, 2.75) is 32.9 Å². The lowest BCUT2D eigenvalue weighted by Crippen LogP contribution is -2.43. The molecular formula is C28H29FN6O3S. The Morgan fingerprint density at radius 3 is 2.51 bits per heavy atom. The zero-order valence-electron chi connectivity index (χ0n) is 21.6. The molecule has 4 aromatic rings. The van der Waals surface area contributed by atoms with Gasteiger partial charge in [-0.25, -0.2) is 4.39 Å². The Hall–Kier alpha value is -4.38. The minimum Gasteiger partial charge on any atom is -0.395 e. The normalized spacial score (nSPS) is 11.9. The highest BCUT2D eigenvalue weighted by Crippen LogP contribution is 2.31. The highest BCUT2D eigenvalue weighted by molar-refractivity contribution is 7.09. The van der Waals surface area contributed by atoms with Gasteiger partial charge in [0.25, 0.3) is 11.8 Å². The molecule has 0 aliphatic heterocycles. The van der Waals surface area contributed by atoms with E-state index in [0.717, 1.165) is 28.9 Å². The molecule has 2 heterocycles. The van der Waals surface area contributed by atoms with E-state index in [2.05, 4.69) is 14.7 Å². The van der Waals surface area contributed by atoms with E-state index in [9.17, 15) is 18.8 Å². The number of nitrogen functional groups attached to an aromatic ring is 1.